The Labute approximate surface area is 294 Å². The first-order valence-corrected chi connectivity index (χ1v) is 17.4. The highest BCUT2D eigenvalue weighted by Gasteiger charge is 2.63. The molecule has 0 amide bonds. The summed E-state index contributed by atoms with van der Waals surface area (Å²) in [5, 5.41) is 0.693. The predicted molar refractivity (Wildman–Crippen MR) is 197 cm³/mol. The number of ether oxygens (including phenoxy) is 3. The van der Waals surface area contributed by atoms with Crippen LogP contribution in [0.2, 0.25) is 0 Å². The zero-order chi connectivity index (χ0) is 37.4. The van der Waals surface area contributed by atoms with Crippen LogP contribution in [-0.4, -0.2) is 25.7 Å². The molecule has 270 valence electrons. The number of benzene rings is 2. The number of esters is 2. The lowest BCUT2D eigenvalue weighted by molar-refractivity contribution is -0.190. The van der Waals surface area contributed by atoms with Crippen LogP contribution >= 0.6 is 0 Å². The van der Waals surface area contributed by atoms with E-state index in [0.29, 0.717) is 22.5 Å². The molecule has 7 heteroatoms. The molecule has 2 unspecified atom stereocenters. The van der Waals surface area contributed by atoms with Gasteiger partial charge in [-0.2, -0.15) is 0 Å². The van der Waals surface area contributed by atoms with Gasteiger partial charge in [-0.15, -0.1) is 0 Å². The average molecular weight is 677 g/mol. The minimum atomic E-state index is -0.786. The van der Waals surface area contributed by atoms with Gasteiger partial charge < -0.3 is 18.6 Å². The highest BCUT2D eigenvalue weighted by molar-refractivity contribution is 5.79. The second-order valence-electron chi connectivity index (χ2n) is 17.5. The van der Waals surface area contributed by atoms with E-state index >= 15 is 0 Å². The third kappa shape index (κ3) is 7.61. The van der Waals surface area contributed by atoms with Gasteiger partial charge in [0.25, 0.3) is 0 Å². The molecule has 3 rings (SSSR count). The Morgan fingerprint density at radius 1 is 0.755 bits per heavy atom. The van der Waals surface area contributed by atoms with Gasteiger partial charge in [-0.05, 0) is 94.2 Å². The Bertz CT molecular complexity index is 1680. The highest BCUT2D eigenvalue weighted by atomic mass is 16.6. The third-order valence-electron chi connectivity index (χ3n) is 13.2. The lowest BCUT2D eigenvalue weighted by Crippen LogP contribution is -2.60. The Hall–Kier alpha value is -3.61. The second kappa shape index (κ2) is 14.0. The van der Waals surface area contributed by atoms with Crippen molar-refractivity contribution < 1.29 is 28.2 Å². The number of methoxy groups -OCH3 is 1. The van der Waals surface area contributed by atoms with Gasteiger partial charge in [-0.1, -0.05) is 102 Å². The first kappa shape index (κ1) is 39.8. The minimum Gasteiger partial charge on any atom is -0.482 e. The van der Waals surface area contributed by atoms with Crippen LogP contribution in [0.15, 0.2) is 63.8 Å². The zero-order valence-electron chi connectivity index (χ0n) is 32.6. The molecule has 0 saturated heterocycles. The van der Waals surface area contributed by atoms with Crippen molar-refractivity contribution in [1.29, 1.82) is 0 Å². The topological polar surface area (TPSA) is 92.0 Å². The molecule has 2 aromatic carbocycles. The second-order valence-corrected chi connectivity index (χ2v) is 17.5. The van der Waals surface area contributed by atoms with Crippen molar-refractivity contribution in [2.24, 2.45) is 38.4 Å². The smallest absolute Gasteiger partial charge is 0.349 e. The van der Waals surface area contributed by atoms with Crippen molar-refractivity contribution in [3.63, 3.8) is 0 Å². The standard InChI is InChI=1S/C42H60O7/c1-27(2)39(8,9)42(14,36(45)46-15)41(12,13)38(6,7)25-32(40(10,11)37(3,4)5)28-16-19-30(20-17-28)48-35(44)26-47-31-21-22-33-29(24-31)18-23-34(43)49-33/h16-24,27,32H,25-26H2,1-15H3. The first-order chi connectivity index (χ1) is 22.3. The number of hydrogen-bond donors (Lipinski definition) is 0. The van der Waals surface area contributed by atoms with Gasteiger partial charge in [0.15, 0.2) is 6.61 Å². The van der Waals surface area contributed by atoms with Crippen LogP contribution in [0, 0.1) is 38.4 Å². The molecular weight excluding hydrogens is 616 g/mol. The summed E-state index contributed by atoms with van der Waals surface area (Å²) in [6.07, 6.45) is 0.813. The first-order valence-electron chi connectivity index (χ1n) is 17.4. The largest absolute Gasteiger partial charge is 0.482 e. The summed E-state index contributed by atoms with van der Waals surface area (Å²) in [7, 11) is 1.50. The predicted octanol–water partition coefficient (Wildman–Crippen LogP) is 10.2. The lowest BCUT2D eigenvalue weighted by atomic mass is 9.42. The van der Waals surface area contributed by atoms with Crippen LogP contribution in [0.25, 0.3) is 11.0 Å². The number of fused-ring (bicyclic) bond motifs is 1. The van der Waals surface area contributed by atoms with Crippen LogP contribution in [0.5, 0.6) is 11.5 Å². The van der Waals surface area contributed by atoms with Crippen molar-refractivity contribution >= 4 is 22.9 Å². The van der Waals surface area contributed by atoms with E-state index in [4.69, 9.17) is 18.6 Å². The lowest BCUT2D eigenvalue weighted by Gasteiger charge is -2.61. The summed E-state index contributed by atoms with van der Waals surface area (Å²) >= 11 is 0. The summed E-state index contributed by atoms with van der Waals surface area (Å²) in [6.45, 7) is 31.1. The van der Waals surface area contributed by atoms with Crippen molar-refractivity contribution in [2.45, 2.75) is 109 Å². The van der Waals surface area contributed by atoms with E-state index in [2.05, 4.69) is 109 Å². The van der Waals surface area contributed by atoms with Gasteiger partial charge in [-0.25, -0.2) is 9.59 Å². The molecule has 0 aliphatic carbocycles. The molecule has 0 aliphatic rings. The van der Waals surface area contributed by atoms with E-state index in [0.717, 1.165) is 12.0 Å². The summed E-state index contributed by atoms with van der Waals surface area (Å²) in [5.74, 6) is 0.534. The molecule has 0 radical (unpaired) electrons. The fraction of sp³-hybridized carbons (Fsp3) is 0.595. The fourth-order valence-electron chi connectivity index (χ4n) is 7.07. The van der Waals surface area contributed by atoms with Gasteiger partial charge >= 0.3 is 17.6 Å². The third-order valence-corrected chi connectivity index (χ3v) is 13.2. The SMILES string of the molecule is COC(=O)C(C)(C(C)(C)C(C)C)C(C)(C)C(C)(C)CC(c1ccc(OC(=O)COc2ccc3oc(=O)ccc3c2)cc1)C(C)(C)C(C)(C)C. The van der Waals surface area contributed by atoms with Crippen LogP contribution in [0.1, 0.15) is 115 Å². The van der Waals surface area contributed by atoms with Crippen LogP contribution < -0.4 is 15.1 Å². The molecule has 0 spiro atoms. The number of hydrogen-bond acceptors (Lipinski definition) is 7. The molecule has 0 bridgehead atoms. The Morgan fingerprint density at radius 3 is 1.86 bits per heavy atom. The maximum absolute atomic E-state index is 13.8. The molecule has 0 N–H and O–H groups in total. The van der Waals surface area contributed by atoms with E-state index in [-0.39, 0.29) is 46.1 Å². The Morgan fingerprint density at radius 2 is 1.33 bits per heavy atom. The van der Waals surface area contributed by atoms with Crippen LogP contribution in [0.3, 0.4) is 0 Å². The Balaban J connectivity index is 1.90. The molecule has 0 fully saturated rings. The van der Waals surface area contributed by atoms with E-state index in [1.165, 1.54) is 13.2 Å². The van der Waals surface area contributed by atoms with Crippen molar-refractivity contribution in [3.8, 4) is 11.5 Å². The van der Waals surface area contributed by atoms with Crippen LogP contribution in [-0.2, 0) is 14.3 Å². The van der Waals surface area contributed by atoms with Gasteiger partial charge in [-0.3, -0.25) is 4.79 Å². The van der Waals surface area contributed by atoms with E-state index in [9.17, 15) is 14.4 Å². The summed E-state index contributed by atoms with van der Waals surface area (Å²) in [5.41, 5.74) is -0.953. The zero-order valence-corrected chi connectivity index (χ0v) is 32.6. The van der Waals surface area contributed by atoms with Crippen molar-refractivity contribution in [3.05, 3.63) is 70.6 Å². The number of carbonyl (C=O) groups is 2. The monoisotopic (exact) mass is 676 g/mol. The van der Waals surface area contributed by atoms with Crippen LogP contribution in [0.4, 0.5) is 0 Å². The molecule has 1 heterocycles. The molecule has 2 atom stereocenters. The molecule has 3 aromatic rings. The van der Waals surface area contributed by atoms with Crippen molar-refractivity contribution in [2.75, 3.05) is 13.7 Å². The molecule has 7 nitrogen and oxygen atoms in total. The number of rotatable bonds is 13. The number of carbonyl (C=O) groups excluding carboxylic acids is 2. The molecule has 0 saturated carbocycles. The maximum Gasteiger partial charge on any atom is 0.349 e. The van der Waals surface area contributed by atoms with Gasteiger partial charge in [0.1, 0.15) is 17.1 Å². The summed E-state index contributed by atoms with van der Waals surface area (Å²) < 4.78 is 22.0. The normalized spacial score (nSPS) is 15.1. The fourth-order valence-corrected chi connectivity index (χ4v) is 7.07. The molecule has 49 heavy (non-hydrogen) atoms. The maximum atomic E-state index is 13.8. The van der Waals surface area contributed by atoms with Gasteiger partial charge in [0, 0.05) is 11.5 Å². The van der Waals surface area contributed by atoms with E-state index in [1.807, 2.05) is 12.1 Å². The Kier molecular flexibility index (Phi) is 11.3. The van der Waals surface area contributed by atoms with Crippen molar-refractivity contribution in [1.82, 2.24) is 0 Å². The average Bonchev–Trinajstić information content (AvgIpc) is 3.01. The van der Waals surface area contributed by atoms with E-state index < -0.39 is 22.4 Å². The van der Waals surface area contributed by atoms with Gasteiger partial charge in [0.2, 0.25) is 0 Å². The molecule has 0 aliphatic heterocycles. The van der Waals surface area contributed by atoms with E-state index in [1.54, 1.807) is 24.3 Å². The quantitative estimate of drug-likeness (QED) is 0.101. The minimum absolute atomic E-state index is 0.0443. The summed E-state index contributed by atoms with van der Waals surface area (Å²) in [4.78, 5) is 38.0. The molecule has 1 aromatic heterocycles. The molecular formula is C42H60O7. The highest BCUT2D eigenvalue weighted by Crippen LogP contribution is 2.65. The van der Waals surface area contributed by atoms with Gasteiger partial charge in [0.05, 0.1) is 12.5 Å². The summed E-state index contributed by atoms with van der Waals surface area (Å²) in [6, 6.07) is 15.8.